The number of aromatic nitrogens is 2. The fourth-order valence-corrected chi connectivity index (χ4v) is 4.52. The molecule has 0 fully saturated rings. The largest absolute Gasteiger partial charge is 0.488 e. The second-order valence-electron chi connectivity index (χ2n) is 8.63. The third-order valence-corrected chi connectivity index (χ3v) is 6.52. The summed E-state index contributed by atoms with van der Waals surface area (Å²) in [6.07, 6.45) is 1.54. The topological polar surface area (TPSA) is 103 Å². The number of hydrazone groups is 1. The predicted molar refractivity (Wildman–Crippen MR) is 151 cm³/mol. The van der Waals surface area contributed by atoms with Crippen LogP contribution in [0.5, 0.6) is 5.75 Å². The molecule has 1 N–H and O–H groups in total. The minimum Gasteiger partial charge on any atom is -0.488 e. The summed E-state index contributed by atoms with van der Waals surface area (Å²) in [6.45, 7) is 4.21. The summed E-state index contributed by atoms with van der Waals surface area (Å²) in [5.41, 5.74) is 8.10. The van der Waals surface area contributed by atoms with Crippen LogP contribution in [0, 0.1) is 13.8 Å². The van der Waals surface area contributed by atoms with Crippen LogP contribution in [0.3, 0.4) is 0 Å². The molecule has 0 aliphatic rings. The maximum absolute atomic E-state index is 12.6. The quantitative estimate of drug-likeness (QED) is 0.0929. The number of thioether (sulfide) groups is 1. The number of para-hydroxylation sites is 1. The number of hydrogen-bond donors (Lipinski definition) is 1. The van der Waals surface area contributed by atoms with Gasteiger partial charge in [-0.3, -0.25) is 4.79 Å². The second kappa shape index (κ2) is 13.3. The number of ether oxygens (including phenoxy) is 2. The van der Waals surface area contributed by atoms with Gasteiger partial charge in [-0.15, -0.1) is 0 Å². The van der Waals surface area contributed by atoms with Crippen molar-refractivity contribution in [1.29, 1.82) is 0 Å². The summed E-state index contributed by atoms with van der Waals surface area (Å²) in [4.78, 5) is 33.1. The molecule has 0 saturated heterocycles. The Morgan fingerprint density at radius 2 is 1.54 bits per heavy atom. The lowest BCUT2D eigenvalue weighted by molar-refractivity contribution is 0.0600. The first kappa shape index (κ1) is 27.5. The molecule has 4 aromatic rings. The molecule has 0 spiro atoms. The van der Waals surface area contributed by atoms with Crippen LogP contribution in [0.2, 0.25) is 0 Å². The van der Waals surface area contributed by atoms with E-state index < -0.39 is 0 Å². The number of methoxy groups -OCH3 is 1. The standard InChI is InChI=1S/C30H28N4O4S/c1-20-16-21(2)33-30(32-20)39-19-23-10-12-24(13-11-23)28(35)34-31-17-26-6-4-5-7-27(26)38-18-22-8-14-25(15-9-22)29(36)37-3/h4-17H,18-19H2,1-3H3,(H,34,35). The van der Waals surface area contributed by atoms with Gasteiger partial charge in [0, 0.05) is 28.3 Å². The smallest absolute Gasteiger partial charge is 0.337 e. The number of carbonyl (C=O) groups excluding carboxylic acids is 2. The monoisotopic (exact) mass is 540 g/mol. The van der Waals surface area contributed by atoms with Crippen molar-refractivity contribution in [2.24, 2.45) is 5.10 Å². The van der Waals surface area contributed by atoms with Crippen molar-refractivity contribution in [3.63, 3.8) is 0 Å². The highest BCUT2D eigenvalue weighted by Gasteiger charge is 2.08. The molecular formula is C30H28N4O4S. The normalized spacial score (nSPS) is 10.8. The van der Waals surface area contributed by atoms with Crippen molar-refractivity contribution in [1.82, 2.24) is 15.4 Å². The molecular weight excluding hydrogens is 512 g/mol. The summed E-state index contributed by atoms with van der Waals surface area (Å²) in [6, 6.07) is 23.7. The van der Waals surface area contributed by atoms with Crippen LogP contribution < -0.4 is 10.2 Å². The van der Waals surface area contributed by atoms with Gasteiger partial charge in [0.05, 0.1) is 18.9 Å². The number of esters is 1. The van der Waals surface area contributed by atoms with Crippen LogP contribution >= 0.6 is 11.8 Å². The van der Waals surface area contributed by atoms with Crippen molar-refractivity contribution < 1.29 is 19.1 Å². The van der Waals surface area contributed by atoms with Gasteiger partial charge in [0.1, 0.15) is 12.4 Å². The molecule has 8 nitrogen and oxygen atoms in total. The number of benzene rings is 3. The summed E-state index contributed by atoms with van der Waals surface area (Å²) in [7, 11) is 1.35. The number of carbonyl (C=O) groups is 2. The highest BCUT2D eigenvalue weighted by atomic mass is 32.2. The summed E-state index contributed by atoms with van der Waals surface area (Å²) in [5, 5.41) is 4.85. The third kappa shape index (κ3) is 7.99. The van der Waals surface area contributed by atoms with Crippen LogP contribution in [-0.4, -0.2) is 35.2 Å². The molecule has 1 heterocycles. The molecule has 4 rings (SSSR count). The minimum absolute atomic E-state index is 0.304. The Morgan fingerprint density at radius 3 is 2.23 bits per heavy atom. The highest BCUT2D eigenvalue weighted by Crippen LogP contribution is 2.21. The Morgan fingerprint density at radius 1 is 0.897 bits per heavy atom. The lowest BCUT2D eigenvalue weighted by atomic mass is 10.1. The Labute approximate surface area is 231 Å². The molecule has 9 heteroatoms. The van der Waals surface area contributed by atoms with E-state index in [1.807, 2.05) is 68.4 Å². The van der Waals surface area contributed by atoms with Crippen LogP contribution in [-0.2, 0) is 17.1 Å². The first-order chi connectivity index (χ1) is 18.9. The fourth-order valence-electron chi connectivity index (χ4n) is 3.62. The summed E-state index contributed by atoms with van der Waals surface area (Å²) < 4.78 is 10.7. The Hall–Kier alpha value is -4.50. The van der Waals surface area contributed by atoms with Crippen molar-refractivity contribution in [3.05, 3.63) is 118 Å². The zero-order valence-corrected chi connectivity index (χ0v) is 22.7. The number of rotatable bonds is 10. The van der Waals surface area contributed by atoms with Gasteiger partial charge >= 0.3 is 5.97 Å². The first-order valence-corrected chi connectivity index (χ1v) is 13.2. The van der Waals surface area contributed by atoms with Gasteiger partial charge in [-0.05, 0) is 67.4 Å². The lowest BCUT2D eigenvalue weighted by Gasteiger charge is -2.09. The van der Waals surface area contributed by atoms with E-state index in [4.69, 9.17) is 9.47 Å². The second-order valence-corrected chi connectivity index (χ2v) is 9.58. The van der Waals surface area contributed by atoms with E-state index in [9.17, 15) is 9.59 Å². The van der Waals surface area contributed by atoms with E-state index in [2.05, 4.69) is 20.5 Å². The van der Waals surface area contributed by atoms with Crippen molar-refractivity contribution in [2.45, 2.75) is 31.4 Å². The Bertz CT molecular complexity index is 1450. The van der Waals surface area contributed by atoms with Gasteiger partial charge < -0.3 is 9.47 Å². The lowest BCUT2D eigenvalue weighted by Crippen LogP contribution is -2.17. The molecule has 0 bridgehead atoms. The molecule has 39 heavy (non-hydrogen) atoms. The summed E-state index contributed by atoms with van der Waals surface area (Å²) in [5.74, 6) is 0.619. The minimum atomic E-state index is -0.385. The van der Waals surface area contributed by atoms with Gasteiger partial charge in [0.25, 0.3) is 5.91 Å². The van der Waals surface area contributed by atoms with E-state index in [1.165, 1.54) is 7.11 Å². The molecule has 0 unspecified atom stereocenters. The maximum atomic E-state index is 12.6. The van der Waals surface area contributed by atoms with Crippen molar-refractivity contribution in [2.75, 3.05) is 7.11 Å². The molecule has 1 amide bonds. The number of hydrogen-bond acceptors (Lipinski definition) is 8. The van der Waals surface area contributed by atoms with Gasteiger partial charge in [0.15, 0.2) is 5.16 Å². The number of amides is 1. The number of nitrogens with zero attached hydrogens (tertiary/aromatic N) is 3. The van der Waals surface area contributed by atoms with Crippen LogP contribution in [0.25, 0.3) is 0 Å². The molecule has 0 radical (unpaired) electrons. The average molecular weight is 541 g/mol. The SMILES string of the molecule is COC(=O)c1ccc(COc2ccccc2C=NNC(=O)c2ccc(CSc3nc(C)cc(C)n3)cc2)cc1. The van der Waals surface area contributed by atoms with Crippen molar-refractivity contribution >= 4 is 29.9 Å². The fraction of sp³-hybridized carbons (Fsp3) is 0.167. The molecule has 1 aromatic heterocycles. The van der Waals surface area contributed by atoms with E-state index >= 15 is 0 Å². The average Bonchev–Trinajstić information content (AvgIpc) is 2.95. The van der Waals surface area contributed by atoms with Gasteiger partial charge in [-0.1, -0.05) is 48.2 Å². The molecule has 0 saturated carbocycles. The van der Waals surface area contributed by atoms with Crippen molar-refractivity contribution in [3.8, 4) is 5.75 Å². The van der Waals surface area contributed by atoms with E-state index in [-0.39, 0.29) is 11.9 Å². The summed E-state index contributed by atoms with van der Waals surface area (Å²) >= 11 is 1.56. The number of nitrogens with one attached hydrogen (secondary N) is 1. The van der Waals surface area contributed by atoms with Crippen LogP contribution in [0.15, 0.2) is 89.1 Å². The zero-order valence-electron chi connectivity index (χ0n) is 21.9. The Balaban J connectivity index is 1.30. The molecule has 0 atom stereocenters. The van der Waals surface area contributed by atoms with Crippen LogP contribution in [0.4, 0.5) is 0 Å². The molecule has 0 aliphatic heterocycles. The highest BCUT2D eigenvalue weighted by molar-refractivity contribution is 7.98. The first-order valence-electron chi connectivity index (χ1n) is 12.2. The maximum Gasteiger partial charge on any atom is 0.337 e. The molecule has 198 valence electrons. The van der Waals surface area contributed by atoms with Gasteiger partial charge in [0.2, 0.25) is 0 Å². The van der Waals surface area contributed by atoms with Crippen LogP contribution in [0.1, 0.15) is 48.8 Å². The molecule has 0 aliphatic carbocycles. The third-order valence-electron chi connectivity index (χ3n) is 5.60. The van der Waals surface area contributed by atoms with E-state index in [0.717, 1.165) is 27.7 Å². The van der Waals surface area contributed by atoms with E-state index in [1.54, 1.807) is 42.2 Å². The zero-order chi connectivity index (χ0) is 27.6. The Kier molecular flexibility index (Phi) is 9.42. The van der Waals surface area contributed by atoms with Gasteiger partial charge in [-0.2, -0.15) is 5.10 Å². The van der Waals surface area contributed by atoms with E-state index in [0.29, 0.717) is 34.8 Å². The molecule has 3 aromatic carbocycles. The predicted octanol–water partition coefficient (Wildman–Crippen LogP) is 5.52. The number of aryl methyl sites for hydroxylation is 2. The van der Waals surface area contributed by atoms with Gasteiger partial charge in [-0.25, -0.2) is 20.2 Å².